The normalized spacial score (nSPS) is 17.8. The Kier molecular flexibility index (Phi) is 6.96. The van der Waals surface area contributed by atoms with Gasteiger partial charge in [-0.2, -0.15) is 5.10 Å². The van der Waals surface area contributed by atoms with Crippen LogP contribution >= 0.6 is 0 Å². The number of anilines is 1. The molecular formula is C26H35N3O. The molecule has 4 heteroatoms. The molecule has 160 valence electrons. The van der Waals surface area contributed by atoms with Crippen LogP contribution in [0.2, 0.25) is 0 Å². The van der Waals surface area contributed by atoms with E-state index >= 15 is 0 Å². The fraction of sp³-hybridized carbons (Fsp3) is 0.462. The molecule has 0 spiro atoms. The van der Waals surface area contributed by atoms with Crippen LogP contribution in [0.1, 0.15) is 75.1 Å². The zero-order chi connectivity index (χ0) is 21.7. The Labute approximate surface area is 181 Å². The summed E-state index contributed by atoms with van der Waals surface area (Å²) in [5.74, 6) is 0.436. The molecule has 2 aromatic rings. The van der Waals surface area contributed by atoms with Crippen molar-refractivity contribution in [2.45, 2.75) is 71.8 Å². The SMILES string of the molecule is CCCN1c2cc(C)c(/C=N/NC(=O)CCc3ccccc3)cc2C(C)CC1(C)C. The van der Waals surface area contributed by atoms with E-state index in [1.807, 2.05) is 30.3 Å². The number of benzene rings is 2. The van der Waals surface area contributed by atoms with Gasteiger partial charge in [0.2, 0.25) is 5.91 Å². The van der Waals surface area contributed by atoms with E-state index in [1.54, 1.807) is 6.21 Å². The topological polar surface area (TPSA) is 44.7 Å². The molecule has 1 unspecified atom stereocenters. The maximum atomic E-state index is 12.1. The van der Waals surface area contributed by atoms with Crippen molar-refractivity contribution in [3.8, 4) is 0 Å². The van der Waals surface area contributed by atoms with Crippen molar-refractivity contribution in [1.29, 1.82) is 0 Å². The molecule has 1 atom stereocenters. The summed E-state index contributed by atoms with van der Waals surface area (Å²) in [6, 6.07) is 14.6. The summed E-state index contributed by atoms with van der Waals surface area (Å²) in [6.45, 7) is 12.4. The standard InChI is InChI=1S/C26H35N3O/c1-6-14-29-24-15-19(2)22(16-23(24)20(3)17-26(29,4)5)18-27-28-25(30)13-12-21-10-8-7-9-11-21/h7-11,15-16,18,20H,6,12-14,17H2,1-5H3,(H,28,30)/b27-18+. The zero-order valence-corrected chi connectivity index (χ0v) is 19.0. The first-order valence-electron chi connectivity index (χ1n) is 11.1. The summed E-state index contributed by atoms with van der Waals surface area (Å²) in [7, 11) is 0. The van der Waals surface area contributed by atoms with Gasteiger partial charge in [-0.1, -0.05) is 44.2 Å². The quantitative estimate of drug-likeness (QED) is 0.483. The molecule has 0 fully saturated rings. The van der Waals surface area contributed by atoms with Gasteiger partial charge in [-0.05, 0) is 80.3 Å². The van der Waals surface area contributed by atoms with Crippen molar-refractivity contribution < 1.29 is 4.79 Å². The number of aryl methyl sites for hydroxylation is 2. The maximum Gasteiger partial charge on any atom is 0.240 e. The average Bonchev–Trinajstić information content (AvgIpc) is 2.71. The molecule has 1 aliphatic heterocycles. The number of hydrogen-bond acceptors (Lipinski definition) is 3. The molecule has 0 saturated carbocycles. The lowest BCUT2D eigenvalue weighted by Crippen LogP contribution is -2.48. The molecule has 0 aromatic heterocycles. The fourth-order valence-electron chi connectivity index (χ4n) is 4.57. The fourth-order valence-corrected chi connectivity index (χ4v) is 4.57. The summed E-state index contributed by atoms with van der Waals surface area (Å²) in [4.78, 5) is 14.7. The lowest BCUT2D eigenvalue weighted by molar-refractivity contribution is -0.121. The summed E-state index contributed by atoms with van der Waals surface area (Å²) in [6.07, 6.45) is 5.21. The van der Waals surface area contributed by atoms with Gasteiger partial charge in [0.25, 0.3) is 0 Å². The number of fused-ring (bicyclic) bond motifs is 1. The molecule has 1 aliphatic rings. The van der Waals surface area contributed by atoms with Gasteiger partial charge in [0.1, 0.15) is 0 Å². The van der Waals surface area contributed by atoms with Gasteiger partial charge in [-0.3, -0.25) is 4.79 Å². The molecule has 0 saturated heterocycles. The summed E-state index contributed by atoms with van der Waals surface area (Å²) >= 11 is 0. The predicted molar refractivity (Wildman–Crippen MR) is 126 cm³/mol. The van der Waals surface area contributed by atoms with E-state index in [2.05, 4.69) is 62.2 Å². The largest absolute Gasteiger partial charge is 0.366 e. The van der Waals surface area contributed by atoms with Crippen LogP contribution in [0, 0.1) is 6.92 Å². The van der Waals surface area contributed by atoms with E-state index in [-0.39, 0.29) is 11.4 Å². The van der Waals surface area contributed by atoms with Gasteiger partial charge in [-0.15, -0.1) is 0 Å². The van der Waals surface area contributed by atoms with Gasteiger partial charge < -0.3 is 4.90 Å². The highest BCUT2D eigenvalue weighted by Crippen LogP contribution is 2.44. The lowest BCUT2D eigenvalue weighted by Gasteiger charge is -2.48. The molecule has 1 N–H and O–H groups in total. The van der Waals surface area contributed by atoms with Crippen molar-refractivity contribution in [2.24, 2.45) is 5.10 Å². The number of amides is 1. The lowest BCUT2D eigenvalue weighted by atomic mass is 9.79. The van der Waals surface area contributed by atoms with Crippen LogP contribution in [-0.2, 0) is 11.2 Å². The average molecular weight is 406 g/mol. The van der Waals surface area contributed by atoms with Crippen molar-refractivity contribution in [3.63, 3.8) is 0 Å². The minimum Gasteiger partial charge on any atom is -0.366 e. The highest BCUT2D eigenvalue weighted by Gasteiger charge is 2.36. The van der Waals surface area contributed by atoms with Gasteiger partial charge in [-0.25, -0.2) is 5.43 Å². The van der Waals surface area contributed by atoms with E-state index in [1.165, 1.54) is 16.8 Å². The first-order valence-corrected chi connectivity index (χ1v) is 11.1. The Morgan fingerprint density at radius 1 is 1.27 bits per heavy atom. The van der Waals surface area contributed by atoms with Crippen LogP contribution in [0.25, 0.3) is 0 Å². The molecule has 0 aliphatic carbocycles. The Morgan fingerprint density at radius 3 is 2.70 bits per heavy atom. The van der Waals surface area contributed by atoms with Gasteiger partial charge >= 0.3 is 0 Å². The highest BCUT2D eigenvalue weighted by molar-refractivity contribution is 5.85. The first kappa shape index (κ1) is 22.1. The molecule has 30 heavy (non-hydrogen) atoms. The number of rotatable bonds is 7. The molecule has 1 heterocycles. The third-order valence-electron chi connectivity index (χ3n) is 6.10. The van der Waals surface area contributed by atoms with Crippen LogP contribution in [0.5, 0.6) is 0 Å². The summed E-state index contributed by atoms with van der Waals surface area (Å²) in [5, 5.41) is 4.23. The van der Waals surface area contributed by atoms with Gasteiger partial charge in [0, 0.05) is 24.2 Å². The number of hydrogen-bond donors (Lipinski definition) is 1. The summed E-state index contributed by atoms with van der Waals surface area (Å²) < 4.78 is 0. The van der Waals surface area contributed by atoms with Gasteiger partial charge in [0.15, 0.2) is 0 Å². The molecule has 0 radical (unpaired) electrons. The third kappa shape index (κ3) is 5.10. The second kappa shape index (κ2) is 9.46. The monoisotopic (exact) mass is 405 g/mol. The number of nitrogens with zero attached hydrogens (tertiary/aromatic N) is 2. The second-order valence-electron chi connectivity index (χ2n) is 9.12. The molecule has 2 aromatic carbocycles. The second-order valence-corrected chi connectivity index (χ2v) is 9.12. The molecular weight excluding hydrogens is 370 g/mol. The Morgan fingerprint density at radius 2 is 2.00 bits per heavy atom. The number of carbonyl (C=O) groups excluding carboxylic acids is 1. The number of hydrazone groups is 1. The van der Waals surface area contributed by atoms with Crippen LogP contribution in [0.3, 0.4) is 0 Å². The van der Waals surface area contributed by atoms with Crippen molar-refractivity contribution in [3.05, 3.63) is 64.7 Å². The Hall–Kier alpha value is -2.62. The highest BCUT2D eigenvalue weighted by atomic mass is 16.2. The summed E-state index contributed by atoms with van der Waals surface area (Å²) in [5.41, 5.74) is 8.99. The predicted octanol–water partition coefficient (Wildman–Crippen LogP) is 5.58. The van der Waals surface area contributed by atoms with Crippen molar-refractivity contribution >= 4 is 17.8 Å². The van der Waals surface area contributed by atoms with Crippen LogP contribution in [0.4, 0.5) is 5.69 Å². The van der Waals surface area contributed by atoms with Crippen LogP contribution in [-0.4, -0.2) is 24.2 Å². The van der Waals surface area contributed by atoms with E-state index in [0.29, 0.717) is 12.3 Å². The van der Waals surface area contributed by atoms with Crippen molar-refractivity contribution in [1.82, 2.24) is 5.43 Å². The smallest absolute Gasteiger partial charge is 0.240 e. The first-order chi connectivity index (χ1) is 14.3. The van der Waals surface area contributed by atoms with E-state index in [9.17, 15) is 4.79 Å². The van der Waals surface area contributed by atoms with Crippen LogP contribution < -0.4 is 10.3 Å². The van der Waals surface area contributed by atoms with E-state index in [0.717, 1.165) is 36.9 Å². The van der Waals surface area contributed by atoms with Gasteiger partial charge in [0.05, 0.1) is 6.21 Å². The molecule has 1 amide bonds. The maximum absolute atomic E-state index is 12.1. The zero-order valence-electron chi connectivity index (χ0n) is 19.0. The number of nitrogens with one attached hydrogen (secondary N) is 1. The minimum atomic E-state index is -0.0602. The molecule has 3 rings (SSSR count). The number of carbonyl (C=O) groups is 1. The van der Waals surface area contributed by atoms with Crippen LogP contribution in [0.15, 0.2) is 47.6 Å². The van der Waals surface area contributed by atoms with E-state index in [4.69, 9.17) is 0 Å². The minimum absolute atomic E-state index is 0.0602. The van der Waals surface area contributed by atoms with Crippen molar-refractivity contribution in [2.75, 3.05) is 11.4 Å². The Bertz CT molecular complexity index is 902. The van der Waals surface area contributed by atoms with E-state index < -0.39 is 0 Å². The Balaban J connectivity index is 1.70. The third-order valence-corrected chi connectivity index (χ3v) is 6.10. The molecule has 4 nitrogen and oxygen atoms in total. The molecule has 0 bridgehead atoms.